The molecule has 2 atom stereocenters. The van der Waals surface area contributed by atoms with Gasteiger partial charge in [-0.05, 0) is 40.0 Å². The molecule has 0 radical (unpaired) electrons. The molecule has 0 aliphatic rings. The monoisotopic (exact) mass is 301 g/mol. The first kappa shape index (κ1) is 19.5. The molecule has 0 aromatic rings. The maximum Gasteiger partial charge on any atom is 0.134 e. The van der Waals surface area contributed by atoms with Crippen molar-refractivity contribution in [3.05, 3.63) is 12.7 Å². The molecule has 0 aromatic heterocycles. The predicted octanol–water partition coefficient (Wildman–Crippen LogP) is 3.91. The number of hydrogen-bond donors (Lipinski definition) is 1. The Kier molecular flexibility index (Phi) is 10.0. The highest BCUT2D eigenvalue weighted by atomic mass is 32.2. The molecule has 0 heterocycles. The molecule has 0 aromatic carbocycles. The molecule has 20 heavy (non-hydrogen) atoms. The predicted molar refractivity (Wildman–Crippen MR) is 88.0 cm³/mol. The summed E-state index contributed by atoms with van der Waals surface area (Å²) >= 11 is 0. The van der Waals surface area contributed by atoms with Gasteiger partial charge in [0.25, 0.3) is 0 Å². The van der Waals surface area contributed by atoms with E-state index in [1.54, 1.807) is 0 Å². The lowest BCUT2D eigenvalue weighted by Crippen LogP contribution is -2.40. The van der Waals surface area contributed by atoms with Gasteiger partial charge < -0.3 is 0 Å². The number of Topliss-reactive ketones (excluding diaryl/α,β-unsaturated/α-hetero) is 1. The van der Waals surface area contributed by atoms with Crippen molar-refractivity contribution < 1.29 is 9.00 Å². The van der Waals surface area contributed by atoms with E-state index in [4.69, 9.17) is 0 Å². The minimum atomic E-state index is -1.13. The van der Waals surface area contributed by atoms with Crippen LogP contribution in [0.25, 0.3) is 0 Å². The van der Waals surface area contributed by atoms with Crippen LogP contribution in [-0.2, 0) is 15.8 Å². The summed E-state index contributed by atoms with van der Waals surface area (Å²) in [6.45, 7) is 11.6. The second-order valence-electron chi connectivity index (χ2n) is 6.26. The number of carbonyl (C=O) groups excluding carboxylic acids is 1. The number of hydrogen-bond acceptors (Lipinski definition) is 2. The summed E-state index contributed by atoms with van der Waals surface area (Å²) in [6.07, 6.45) is 7.79. The molecule has 0 unspecified atom stereocenters. The molecule has 0 amide bonds. The van der Waals surface area contributed by atoms with E-state index in [2.05, 4.69) is 18.2 Å². The molecule has 0 aliphatic heterocycles. The highest BCUT2D eigenvalue weighted by Crippen LogP contribution is 2.14. The lowest BCUT2D eigenvalue weighted by molar-refractivity contribution is -0.119. The van der Waals surface area contributed by atoms with Crippen LogP contribution in [0.15, 0.2) is 12.7 Å². The molecule has 0 aliphatic carbocycles. The number of unbranched alkanes of at least 4 members (excludes halogenated alkanes) is 2. The van der Waals surface area contributed by atoms with Crippen LogP contribution in [0.1, 0.15) is 72.6 Å². The topological polar surface area (TPSA) is 46.2 Å². The number of ketones is 1. The van der Waals surface area contributed by atoms with Crippen molar-refractivity contribution in [3.63, 3.8) is 0 Å². The fourth-order valence-electron chi connectivity index (χ4n) is 1.80. The Morgan fingerprint density at radius 3 is 2.50 bits per heavy atom. The first-order chi connectivity index (χ1) is 9.31. The zero-order valence-corrected chi connectivity index (χ0v) is 14.4. The standard InChI is InChI=1S/C16H31NO2S/c1-6-8-10-12-15(18)13-14(11-9-7-2)17-20(19)16(3,4)5/h7,14,17H,2,6,8-13H2,1,3-5H3/t14-,20-/m0/s1. The molecule has 118 valence electrons. The Morgan fingerprint density at radius 2 is 2.00 bits per heavy atom. The van der Waals surface area contributed by atoms with E-state index in [9.17, 15) is 9.00 Å². The Labute approximate surface area is 127 Å². The molecule has 0 rings (SSSR count). The molecular weight excluding hydrogens is 270 g/mol. The average molecular weight is 301 g/mol. The van der Waals surface area contributed by atoms with Gasteiger partial charge in [-0.3, -0.25) is 4.79 Å². The normalized spacial score (nSPS) is 14.8. The van der Waals surface area contributed by atoms with Crippen LogP contribution >= 0.6 is 0 Å². The highest BCUT2D eigenvalue weighted by molar-refractivity contribution is 7.84. The van der Waals surface area contributed by atoms with Crippen LogP contribution in [0.3, 0.4) is 0 Å². The summed E-state index contributed by atoms with van der Waals surface area (Å²) in [5.41, 5.74) is 0. The summed E-state index contributed by atoms with van der Waals surface area (Å²) in [5, 5.41) is 0. The van der Waals surface area contributed by atoms with Crippen LogP contribution < -0.4 is 4.72 Å². The van der Waals surface area contributed by atoms with Crippen molar-refractivity contribution in [1.82, 2.24) is 4.72 Å². The van der Waals surface area contributed by atoms with Crippen LogP contribution in [0, 0.1) is 0 Å². The van der Waals surface area contributed by atoms with Gasteiger partial charge in [-0.2, -0.15) is 0 Å². The number of rotatable bonds is 11. The van der Waals surface area contributed by atoms with E-state index in [-0.39, 0.29) is 16.6 Å². The number of carbonyl (C=O) groups is 1. The molecule has 4 heteroatoms. The van der Waals surface area contributed by atoms with E-state index < -0.39 is 11.0 Å². The Bertz CT molecular complexity index is 321. The van der Waals surface area contributed by atoms with Gasteiger partial charge in [0.15, 0.2) is 0 Å². The largest absolute Gasteiger partial charge is 0.300 e. The van der Waals surface area contributed by atoms with Gasteiger partial charge in [-0.15, -0.1) is 6.58 Å². The second kappa shape index (κ2) is 10.3. The van der Waals surface area contributed by atoms with Gasteiger partial charge in [0.05, 0.1) is 15.7 Å². The van der Waals surface area contributed by atoms with Crippen molar-refractivity contribution >= 4 is 16.8 Å². The van der Waals surface area contributed by atoms with Gasteiger partial charge >= 0.3 is 0 Å². The number of allylic oxidation sites excluding steroid dienone is 1. The molecular formula is C16H31NO2S. The Hall–Kier alpha value is -0.480. The van der Waals surface area contributed by atoms with E-state index in [0.717, 1.165) is 32.1 Å². The van der Waals surface area contributed by atoms with Crippen molar-refractivity contribution in [1.29, 1.82) is 0 Å². The minimum Gasteiger partial charge on any atom is -0.300 e. The lowest BCUT2D eigenvalue weighted by atomic mass is 10.0. The fourth-order valence-corrected chi connectivity index (χ4v) is 2.66. The quantitative estimate of drug-likeness (QED) is 0.464. The third kappa shape index (κ3) is 9.43. The minimum absolute atomic E-state index is 0.0119. The first-order valence-electron chi connectivity index (χ1n) is 7.61. The summed E-state index contributed by atoms with van der Waals surface area (Å²) in [5.74, 6) is 0.269. The van der Waals surface area contributed by atoms with Crippen LogP contribution in [0.4, 0.5) is 0 Å². The molecule has 0 saturated carbocycles. The summed E-state index contributed by atoms with van der Waals surface area (Å²) < 4.78 is 15.0. The summed E-state index contributed by atoms with van der Waals surface area (Å²) in [4.78, 5) is 12.0. The third-order valence-electron chi connectivity index (χ3n) is 3.08. The van der Waals surface area contributed by atoms with Gasteiger partial charge in [-0.1, -0.05) is 25.8 Å². The Morgan fingerprint density at radius 1 is 1.35 bits per heavy atom. The zero-order chi connectivity index (χ0) is 15.6. The zero-order valence-electron chi connectivity index (χ0n) is 13.5. The molecule has 0 spiro atoms. The molecule has 3 nitrogen and oxygen atoms in total. The molecule has 0 fully saturated rings. The van der Waals surface area contributed by atoms with Crippen LogP contribution in [0.5, 0.6) is 0 Å². The highest BCUT2D eigenvalue weighted by Gasteiger charge is 2.23. The van der Waals surface area contributed by atoms with Gasteiger partial charge in [0.1, 0.15) is 5.78 Å². The fraction of sp³-hybridized carbons (Fsp3) is 0.812. The SMILES string of the molecule is C=CCC[C@@H](CC(=O)CCCCC)N[S@@](=O)C(C)(C)C. The van der Waals surface area contributed by atoms with Gasteiger partial charge in [-0.25, -0.2) is 8.93 Å². The maximum atomic E-state index is 12.1. The first-order valence-corrected chi connectivity index (χ1v) is 8.76. The van der Waals surface area contributed by atoms with Crippen LogP contribution in [0.2, 0.25) is 0 Å². The second-order valence-corrected chi connectivity index (χ2v) is 8.26. The average Bonchev–Trinajstić information content (AvgIpc) is 2.35. The van der Waals surface area contributed by atoms with E-state index >= 15 is 0 Å². The van der Waals surface area contributed by atoms with Crippen molar-refractivity contribution in [2.24, 2.45) is 0 Å². The third-order valence-corrected chi connectivity index (χ3v) is 4.74. The maximum absolute atomic E-state index is 12.1. The molecule has 1 N–H and O–H groups in total. The van der Waals surface area contributed by atoms with E-state index in [1.807, 2.05) is 26.8 Å². The van der Waals surface area contributed by atoms with Crippen molar-refractivity contribution in [3.8, 4) is 0 Å². The van der Waals surface area contributed by atoms with Crippen LogP contribution in [-0.4, -0.2) is 20.8 Å². The summed E-state index contributed by atoms with van der Waals surface area (Å²) in [6, 6.07) is -0.0119. The van der Waals surface area contributed by atoms with Crippen molar-refractivity contribution in [2.45, 2.75) is 83.4 Å². The van der Waals surface area contributed by atoms with Crippen molar-refractivity contribution in [2.75, 3.05) is 0 Å². The number of nitrogens with one attached hydrogen (secondary N) is 1. The smallest absolute Gasteiger partial charge is 0.134 e. The Balaban J connectivity index is 4.37. The lowest BCUT2D eigenvalue weighted by Gasteiger charge is -2.23. The van der Waals surface area contributed by atoms with Gasteiger partial charge in [0, 0.05) is 18.9 Å². The molecule has 0 saturated heterocycles. The van der Waals surface area contributed by atoms with E-state index in [0.29, 0.717) is 12.8 Å². The molecule has 0 bridgehead atoms. The van der Waals surface area contributed by atoms with E-state index in [1.165, 1.54) is 0 Å². The van der Waals surface area contributed by atoms with Gasteiger partial charge in [0.2, 0.25) is 0 Å². The summed E-state index contributed by atoms with van der Waals surface area (Å²) in [7, 11) is -1.13.